The predicted octanol–water partition coefficient (Wildman–Crippen LogP) is 1.81. The number of benzene rings is 1. The Labute approximate surface area is 92.6 Å². The molecule has 0 spiro atoms. The Morgan fingerprint density at radius 2 is 2.21 bits per heavy atom. The summed E-state index contributed by atoms with van der Waals surface area (Å²) in [6.07, 6.45) is 0. The highest BCUT2D eigenvalue weighted by atomic mass is 79.9. The second kappa shape index (κ2) is 5.34. The van der Waals surface area contributed by atoms with Gasteiger partial charge in [0.15, 0.2) is 0 Å². The van der Waals surface area contributed by atoms with Gasteiger partial charge in [-0.25, -0.2) is 0 Å². The van der Waals surface area contributed by atoms with Gasteiger partial charge >= 0.3 is 0 Å². The summed E-state index contributed by atoms with van der Waals surface area (Å²) in [7, 11) is 0. The molecular weight excluding hydrogens is 244 g/mol. The zero-order valence-corrected chi connectivity index (χ0v) is 9.75. The summed E-state index contributed by atoms with van der Waals surface area (Å²) >= 11 is 3.40. The highest BCUT2D eigenvalue weighted by Crippen LogP contribution is 2.27. The van der Waals surface area contributed by atoms with Crippen LogP contribution in [0.3, 0.4) is 0 Å². The molecule has 0 amide bonds. The van der Waals surface area contributed by atoms with Gasteiger partial charge in [0.2, 0.25) is 0 Å². The van der Waals surface area contributed by atoms with Crippen LogP contribution in [0.25, 0.3) is 0 Å². The molecule has 0 saturated carbocycles. The van der Waals surface area contributed by atoms with Crippen LogP contribution in [-0.4, -0.2) is 13.2 Å². The van der Waals surface area contributed by atoms with Crippen molar-refractivity contribution in [1.29, 1.82) is 0 Å². The van der Waals surface area contributed by atoms with Gasteiger partial charge in [0.05, 0.1) is 0 Å². The fraction of sp³-hybridized carbons (Fsp3) is 0.400. The van der Waals surface area contributed by atoms with Gasteiger partial charge < -0.3 is 16.2 Å². The first-order chi connectivity index (χ1) is 6.65. The zero-order chi connectivity index (χ0) is 10.6. The summed E-state index contributed by atoms with van der Waals surface area (Å²) in [6.45, 7) is 2.95. The molecule has 14 heavy (non-hydrogen) atoms. The average Bonchev–Trinajstić information content (AvgIpc) is 2.15. The van der Waals surface area contributed by atoms with Crippen LogP contribution in [-0.2, 0) is 0 Å². The van der Waals surface area contributed by atoms with Crippen LogP contribution in [0.15, 0.2) is 22.7 Å². The largest absolute Gasteiger partial charge is 0.492 e. The summed E-state index contributed by atoms with van der Waals surface area (Å²) in [5.41, 5.74) is 12.2. The van der Waals surface area contributed by atoms with Gasteiger partial charge in [-0.1, -0.05) is 15.9 Å². The lowest BCUT2D eigenvalue weighted by Crippen LogP contribution is -2.13. The SMILES string of the molecule is CC(N)c1cc(Br)ccc1OCCN. The van der Waals surface area contributed by atoms with Crippen LogP contribution < -0.4 is 16.2 Å². The van der Waals surface area contributed by atoms with E-state index in [2.05, 4.69) is 15.9 Å². The number of hydrogen-bond donors (Lipinski definition) is 2. The monoisotopic (exact) mass is 258 g/mol. The molecular formula is C10H15BrN2O. The van der Waals surface area contributed by atoms with Crippen molar-refractivity contribution in [3.05, 3.63) is 28.2 Å². The molecule has 0 aliphatic carbocycles. The summed E-state index contributed by atoms with van der Waals surface area (Å²) in [6, 6.07) is 5.76. The van der Waals surface area contributed by atoms with E-state index >= 15 is 0 Å². The topological polar surface area (TPSA) is 61.3 Å². The summed E-state index contributed by atoms with van der Waals surface area (Å²) in [5, 5.41) is 0. The molecule has 0 aliphatic heterocycles. The van der Waals surface area contributed by atoms with E-state index in [0.717, 1.165) is 15.8 Å². The molecule has 1 aromatic rings. The number of hydrogen-bond acceptors (Lipinski definition) is 3. The van der Waals surface area contributed by atoms with Gasteiger partial charge in [-0.15, -0.1) is 0 Å². The second-order valence-corrected chi connectivity index (χ2v) is 4.02. The summed E-state index contributed by atoms with van der Waals surface area (Å²) in [4.78, 5) is 0. The van der Waals surface area contributed by atoms with Crippen LogP contribution in [0.4, 0.5) is 0 Å². The van der Waals surface area contributed by atoms with E-state index in [1.54, 1.807) is 0 Å². The molecule has 0 bridgehead atoms. The van der Waals surface area contributed by atoms with Crippen molar-refractivity contribution in [2.45, 2.75) is 13.0 Å². The van der Waals surface area contributed by atoms with E-state index in [-0.39, 0.29) is 6.04 Å². The second-order valence-electron chi connectivity index (χ2n) is 3.11. The van der Waals surface area contributed by atoms with Gasteiger partial charge in [0, 0.05) is 22.6 Å². The minimum absolute atomic E-state index is 0.0414. The lowest BCUT2D eigenvalue weighted by molar-refractivity contribution is 0.323. The standard InChI is InChI=1S/C10H15BrN2O/c1-7(13)9-6-8(11)2-3-10(9)14-5-4-12/h2-3,6-7H,4-5,12-13H2,1H3. The lowest BCUT2D eigenvalue weighted by atomic mass is 10.1. The first-order valence-corrected chi connectivity index (χ1v) is 5.32. The predicted molar refractivity (Wildman–Crippen MR) is 61.3 cm³/mol. The molecule has 0 radical (unpaired) electrons. The van der Waals surface area contributed by atoms with E-state index in [9.17, 15) is 0 Å². The van der Waals surface area contributed by atoms with Crippen molar-refractivity contribution >= 4 is 15.9 Å². The Morgan fingerprint density at radius 3 is 2.79 bits per heavy atom. The third-order valence-electron chi connectivity index (χ3n) is 1.84. The third kappa shape index (κ3) is 2.97. The van der Waals surface area contributed by atoms with Gasteiger partial charge in [-0.05, 0) is 25.1 Å². The van der Waals surface area contributed by atoms with Gasteiger partial charge in [0.1, 0.15) is 12.4 Å². The van der Waals surface area contributed by atoms with Crippen LogP contribution in [0.1, 0.15) is 18.5 Å². The Hall–Kier alpha value is -0.580. The quantitative estimate of drug-likeness (QED) is 0.866. The maximum atomic E-state index is 5.82. The molecule has 3 nitrogen and oxygen atoms in total. The minimum atomic E-state index is -0.0414. The molecule has 0 heterocycles. The average molecular weight is 259 g/mol. The molecule has 4 N–H and O–H groups in total. The Bertz CT molecular complexity index is 302. The van der Waals surface area contributed by atoms with Crippen LogP contribution in [0.2, 0.25) is 0 Å². The van der Waals surface area contributed by atoms with Gasteiger partial charge in [-0.3, -0.25) is 0 Å². The van der Waals surface area contributed by atoms with E-state index in [0.29, 0.717) is 13.2 Å². The summed E-state index contributed by atoms with van der Waals surface area (Å²) < 4.78 is 6.48. The minimum Gasteiger partial charge on any atom is -0.492 e. The molecule has 1 atom stereocenters. The normalized spacial score (nSPS) is 12.6. The van der Waals surface area contributed by atoms with E-state index in [4.69, 9.17) is 16.2 Å². The van der Waals surface area contributed by atoms with Crippen molar-refractivity contribution in [2.24, 2.45) is 11.5 Å². The fourth-order valence-corrected chi connectivity index (χ4v) is 1.55. The smallest absolute Gasteiger partial charge is 0.124 e. The highest BCUT2D eigenvalue weighted by molar-refractivity contribution is 9.10. The number of nitrogens with two attached hydrogens (primary N) is 2. The zero-order valence-electron chi connectivity index (χ0n) is 8.16. The van der Waals surface area contributed by atoms with Crippen molar-refractivity contribution in [1.82, 2.24) is 0 Å². The van der Waals surface area contributed by atoms with Crippen LogP contribution in [0, 0.1) is 0 Å². The third-order valence-corrected chi connectivity index (χ3v) is 2.33. The molecule has 0 saturated heterocycles. The molecule has 1 rings (SSSR count). The first-order valence-electron chi connectivity index (χ1n) is 4.53. The van der Waals surface area contributed by atoms with Crippen molar-refractivity contribution in [3.8, 4) is 5.75 Å². The molecule has 1 unspecified atom stereocenters. The number of halogens is 1. The van der Waals surface area contributed by atoms with E-state index in [1.165, 1.54) is 0 Å². The van der Waals surface area contributed by atoms with Crippen LogP contribution in [0.5, 0.6) is 5.75 Å². The summed E-state index contributed by atoms with van der Waals surface area (Å²) in [5.74, 6) is 0.814. The Morgan fingerprint density at radius 1 is 1.50 bits per heavy atom. The molecule has 1 aromatic carbocycles. The van der Waals surface area contributed by atoms with Crippen LogP contribution >= 0.6 is 15.9 Å². The first kappa shape index (κ1) is 11.5. The van der Waals surface area contributed by atoms with Gasteiger partial charge in [0.25, 0.3) is 0 Å². The fourth-order valence-electron chi connectivity index (χ4n) is 1.18. The maximum Gasteiger partial charge on any atom is 0.124 e. The lowest BCUT2D eigenvalue weighted by Gasteiger charge is -2.13. The maximum absolute atomic E-state index is 5.82. The number of ether oxygens (including phenoxy) is 1. The number of rotatable bonds is 4. The molecule has 4 heteroatoms. The molecule has 78 valence electrons. The Kier molecular flexibility index (Phi) is 4.38. The van der Waals surface area contributed by atoms with Crippen molar-refractivity contribution < 1.29 is 4.74 Å². The molecule has 0 aromatic heterocycles. The molecule has 0 fully saturated rings. The Balaban J connectivity index is 2.90. The van der Waals surface area contributed by atoms with E-state index in [1.807, 2.05) is 25.1 Å². The highest BCUT2D eigenvalue weighted by Gasteiger charge is 2.08. The van der Waals surface area contributed by atoms with Crippen molar-refractivity contribution in [2.75, 3.05) is 13.2 Å². The van der Waals surface area contributed by atoms with E-state index < -0.39 is 0 Å². The van der Waals surface area contributed by atoms with Crippen molar-refractivity contribution in [3.63, 3.8) is 0 Å². The molecule has 0 aliphatic rings. The van der Waals surface area contributed by atoms with Gasteiger partial charge in [-0.2, -0.15) is 0 Å².